The molecule has 10 heteroatoms. The van der Waals surface area contributed by atoms with Crippen LogP contribution in [0.3, 0.4) is 0 Å². The van der Waals surface area contributed by atoms with E-state index in [0.717, 1.165) is 11.3 Å². The molecule has 184 valence electrons. The molecule has 36 heavy (non-hydrogen) atoms. The second-order valence-corrected chi connectivity index (χ2v) is 11.4. The second-order valence-electron chi connectivity index (χ2n) is 9.22. The zero-order valence-corrected chi connectivity index (χ0v) is 22.6. The van der Waals surface area contributed by atoms with Gasteiger partial charge in [0, 0.05) is 29.0 Å². The van der Waals surface area contributed by atoms with Crippen LogP contribution >= 0.6 is 34.7 Å². The zero-order chi connectivity index (χ0) is 25.4. The second kappa shape index (κ2) is 9.72. The Balaban J connectivity index is 1.55. The number of nitrogens with zero attached hydrogens (tertiary/aromatic N) is 5. The van der Waals surface area contributed by atoms with Gasteiger partial charge in [-0.2, -0.15) is 0 Å². The summed E-state index contributed by atoms with van der Waals surface area (Å²) in [5, 5.41) is 12.0. The van der Waals surface area contributed by atoms with Crippen LogP contribution in [0.15, 0.2) is 70.1 Å². The number of hydrogen-bond donors (Lipinski definition) is 0. The van der Waals surface area contributed by atoms with Crippen LogP contribution in [0.25, 0.3) is 22.0 Å². The van der Waals surface area contributed by atoms with Crippen molar-refractivity contribution in [1.82, 2.24) is 24.1 Å². The number of fused-ring (bicyclic) bond motifs is 1. The van der Waals surface area contributed by atoms with Gasteiger partial charge in [0.05, 0.1) is 23.5 Å². The van der Waals surface area contributed by atoms with Gasteiger partial charge in [-0.1, -0.05) is 68.4 Å². The quantitative estimate of drug-likeness (QED) is 0.238. The van der Waals surface area contributed by atoms with Crippen molar-refractivity contribution >= 4 is 39.7 Å². The molecular formula is C26H24ClN5O2S2. The summed E-state index contributed by atoms with van der Waals surface area (Å²) in [4.78, 5) is 17.7. The molecule has 0 atom stereocenters. The average Bonchev–Trinajstić information content (AvgIpc) is 3.50. The number of thiazole rings is 1. The van der Waals surface area contributed by atoms with Crippen molar-refractivity contribution in [3.63, 3.8) is 0 Å². The van der Waals surface area contributed by atoms with Crippen LogP contribution in [0, 0.1) is 0 Å². The molecule has 0 spiro atoms. The first-order chi connectivity index (χ1) is 17.2. The summed E-state index contributed by atoms with van der Waals surface area (Å²) in [6.07, 6.45) is 1.73. The third-order valence-corrected chi connectivity index (χ3v) is 7.76. The summed E-state index contributed by atoms with van der Waals surface area (Å²) in [5.41, 5.74) is 3.62. The SMILES string of the molecule is COc1ccc(-n2c(SCc3cc(=O)n4ccsc4n3)nnc2-c2ccc(C(C)(C)C)cc2)cc1Cl. The molecule has 0 bridgehead atoms. The van der Waals surface area contributed by atoms with Gasteiger partial charge in [-0.05, 0) is 29.2 Å². The number of ether oxygens (including phenoxy) is 1. The van der Waals surface area contributed by atoms with Crippen LogP contribution in [-0.2, 0) is 11.2 Å². The summed E-state index contributed by atoms with van der Waals surface area (Å²) >= 11 is 9.36. The van der Waals surface area contributed by atoms with Gasteiger partial charge in [-0.15, -0.1) is 21.5 Å². The van der Waals surface area contributed by atoms with Crippen LogP contribution in [0.5, 0.6) is 5.75 Å². The Morgan fingerprint density at radius 2 is 1.86 bits per heavy atom. The minimum absolute atomic E-state index is 0.0477. The van der Waals surface area contributed by atoms with Crippen LogP contribution in [0.4, 0.5) is 0 Å². The smallest absolute Gasteiger partial charge is 0.258 e. The van der Waals surface area contributed by atoms with E-state index in [2.05, 4.69) is 60.2 Å². The largest absolute Gasteiger partial charge is 0.495 e. The Kier molecular flexibility index (Phi) is 6.63. The molecule has 3 heterocycles. The maximum atomic E-state index is 12.4. The molecule has 0 unspecified atom stereocenters. The maximum absolute atomic E-state index is 12.4. The summed E-state index contributed by atoms with van der Waals surface area (Å²) in [5.74, 6) is 1.75. The summed E-state index contributed by atoms with van der Waals surface area (Å²) in [7, 11) is 1.59. The molecule has 3 aromatic heterocycles. The van der Waals surface area contributed by atoms with E-state index in [1.165, 1.54) is 28.7 Å². The van der Waals surface area contributed by atoms with Crippen molar-refractivity contribution < 1.29 is 4.74 Å². The standard InChI is InChI=1S/C26H24ClN5O2S2/c1-26(2,3)17-7-5-16(6-8-17)23-29-30-25(32(23)19-9-10-21(34-4)20(27)14-19)36-15-18-13-22(33)31-11-12-35-24(31)28-18/h5-14H,15H2,1-4H3. The molecule has 5 rings (SSSR count). The number of halogens is 1. The van der Waals surface area contributed by atoms with Crippen LogP contribution in [0.1, 0.15) is 32.0 Å². The first kappa shape index (κ1) is 24.5. The number of thioether (sulfide) groups is 1. The van der Waals surface area contributed by atoms with Gasteiger partial charge < -0.3 is 4.74 Å². The predicted octanol–water partition coefficient (Wildman–Crippen LogP) is 6.26. The van der Waals surface area contributed by atoms with E-state index < -0.39 is 0 Å². The van der Waals surface area contributed by atoms with Crippen molar-refractivity contribution in [3.05, 3.63) is 86.7 Å². The number of methoxy groups -OCH3 is 1. The van der Waals surface area contributed by atoms with E-state index >= 15 is 0 Å². The first-order valence-corrected chi connectivity index (χ1v) is 13.5. The zero-order valence-electron chi connectivity index (χ0n) is 20.2. The minimum Gasteiger partial charge on any atom is -0.495 e. The fraction of sp³-hybridized carbons (Fsp3) is 0.231. The normalized spacial score (nSPS) is 11.8. The maximum Gasteiger partial charge on any atom is 0.258 e. The van der Waals surface area contributed by atoms with Crippen LogP contribution < -0.4 is 10.3 Å². The van der Waals surface area contributed by atoms with Crippen LogP contribution in [0.2, 0.25) is 5.02 Å². The van der Waals surface area contributed by atoms with E-state index in [4.69, 9.17) is 16.3 Å². The van der Waals surface area contributed by atoms with E-state index in [1.54, 1.807) is 23.8 Å². The highest BCUT2D eigenvalue weighted by molar-refractivity contribution is 7.98. The third-order valence-electron chi connectivity index (χ3n) is 5.74. The van der Waals surface area contributed by atoms with Gasteiger partial charge in [0.25, 0.3) is 5.56 Å². The molecule has 0 fully saturated rings. The molecule has 5 aromatic rings. The van der Waals surface area contributed by atoms with E-state index in [-0.39, 0.29) is 11.0 Å². The van der Waals surface area contributed by atoms with Gasteiger partial charge in [0.1, 0.15) is 5.75 Å². The highest BCUT2D eigenvalue weighted by Gasteiger charge is 2.19. The molecule has 0 amide bonds. The highest BCUT2D eigenvalue weighted by Crippen LogP contribution is 2.34. The lowest BCUT2D eigenvalue weighted by atomic mass is 9.87. The lowest BCUT2D eigenvalue weighted by Gasteiger charge is -2.19. The van der Waals surface area contributed by atoms with E-state index in [0.29, 0.717) is 38.2 Å². The monoisotopic (exact) mass is 537 g/mol. The van der Waals surface area contributed by atoms with Gasteiger partial charge in [-0.25, -0.2) is 4.98 Å². The fourth-order valence-corrected chi connectivity index (χ4v) is 5.63. The summed E-state index contributed by atoms with van der Waals surface area (Å²) in [6.45, 7) is 6.56. The fourth-order valence-electron chi connectivity index (χ4n) is 3.80. The molecule has 2 aromatic carbocycles. The van der Waals surface area contributed by atoms with Gasteiger partial charge in [0.2, 0.25) is 0 Å². The predicted molar refractivity (Wildman–Crippen MR) is 146 cm³/mol. The van der Waals surface area contributed by atoms with E-state index in [1.807, 2.05) is 28.1 Å². The Morgan fingerprint density at radius 3 is 2.56 bits per heavy atom. The van der Waals surface area contributed by atoms with Gasteiger partial charge in [-0.3, -0.25) is 13.8 Å². The average molecular weight is 538 g/mol. The highest BCUT2D eigenvalue weighted by atomic mass is 35.5. The Labute approximate surface area is 221 Å². The van der Waals surface area contributed by atoms with Crippen molar-refractivity contribution in [2.45, 2.75) is 37.1 Å². The number of rotatable bonds is 6. The number of hydrogen-bond acceptors (Lipinski definition) is 7. The molecular weight excluding hydrogens is 514 g/mol. The molecule has 0 saturated carbocycles. The van der Waals surface area contributed by atoms with Crippen molar-refractivity contribution in [2.24, 2.45) is 0 Å². The summed E-state index contributed by atoms with van der Waals surface area (Å²) < 4.78 is 8.85. The van der Waals surface area contributed by atoms with Gasteiger partial charge in [0.15, 0.2) is 15.9 Å². The molecule has 0 radical (unpaired) electrons. The minimum atomic E-state index is -0.0973. The van der Waals surface area contributed by atoms with Crippen molar-refractivity contribution in [1.29, 1.82) is 0 Å². The van der Waals surface area contributed by atoms with Crippen LogP contribution in [-0.4, -0.2) is 31.3 Å². The lowest BCUT2D eigenvalue weighted by molar-refractivity contribution is 0.415. The molecule has 0 N–H and O–H groups in total. The number of aromatic nitrogens is 5. The molecule has 7 nitrogen and oxygen atoms in total. The van der Waals surface area contributed by atoms with Crippen molar-refractivity contribution in [2.75, 3.05) is 7.11 Å². The first-order valence-electron chi connectivity index (χ1n) is 11.2. The number of benzene rings is 2. The summed E-state index contributed by atoms with van der Waals surface area (Å²) in [6, 6.07) is 15.5. The molecule has 0 aliphatic rings. The Bertz CT molecular complexity index is 1600. The van der Waals surface area contributed by atoms with E-state index in [9.17, 15) is 4.79 Å². The topological polar surface area (TPSA) is 74.3 Å². The van der Waals surface area contributed by atoms with Crippen molar-refractivity contribution in [3.8, 4) is 22.8 Å². The lowest BCUT2D eigenvalue weighted by Crippen LogP contribution is -2.12. The Morgan fingerprint density at radius 1 is 1.08 bits per heavy atom. The molecule has 0 aliphatic heterocycles. The Hall–Kier alpha value is -3.14. The molecule has 0 aliphatic carbocycles. The van der Waals surface area contributed by atoms with Gasteiger partial charge >= 0.3 is 0 Å². The third kappa shape index (κ3) is 4.78. The molecule has 0 saturated heterocycles.